The van der Waals surface area contributed by atoms with E-state index in [4.69, 9.17) is 26.8 Å². The third kappa shape index (κ3) is 5.42. The summed E-state index contributed by atoms with van der Waals surface area (Å²) >= 11 is 0. The van der Waals surface area contributed by atoms with Crippen molar-refractivity contribution in [1.82, 2.24) is 5.06 Å². The summed E-state index contributed by atoms with van der Waals surface area (Å²) in [6.07, 6.45) is -2.06. The minimum absolute atomic E-state index is 0.303. The van der Waals surface area contributed by atoms with Gasteiger partial charge < -0.3 is 24.4 Å². The first-order chi connectivity index (χ1) is 9.26. The van der Waals surface area contributed by atoms with Gasteiger partial charge in [-0.2, -0.15) is 0 Å². The van der Waals surface area contributed by atoms with Crippen molar-refractivity contribution in [2.45, 2.75) is 44.3 Å². The van der Waals surface area contributed by atoms with Gasteiger partial charge in [-0.3, -0.25) is 9.40 Å². The van der Waals surface area contributed by atoms with Gasteiger partial charge in [0.15, 0.2) is 6.23 Å². The van der Waals surface area contributed by atoms with Crippen LogP contribution in [0.3, 0.4) is 0 Å². The van der Waals surface area contributed by atoms with Crippen molar-refractivity contribution in [3.05, 3.63) is 0 Å². The Kier molecular flexibility index (Phi) is 7.10. The molecule has 0 bridgehead atoms. The van der Waals surface area contributed by atoms with E-state index in [1.54, 1.807) is 0 Å². The molecule has 0 aliphatic carbocycles. The fraction of sp³-hybridized carbons (Fsp3) is 1.00. The molecule has 3 N–H and O–H groups in total. The minimum Gasteiger partial charge on any atom is -0.374 e. The lowest BCUT2D eigenvalue weighted by atomic mass is 9.96. The number of hydroxylamine groups is 2. The number of ether oxygens (including phenoxy) is 1. The largest absolute Gasteiger partial charge is 0.374 e. The van der Waals surface area contributed by atoms with E-state index in [0.717, 1.165) is 24.6 Å². The number of hydrogen-bond acceptors (Lipinski definition) is 7. The fourth-order valence-electron chi connectivity index (χ4n) is 1.61. The van der Waals surface area contributed by atoms with Gasteiger partial charge in [-0.25, -0.2) is 0 Å². The lowest BCUT2D eigenvalue weighted by Crippen LogP contribution is -2.61. The van der Waals surface area contributed by atoms with Gasteiger partial charge >= 0.3 is 7.60 Å². The van der Waals surface area contributed by atoms with E-state index in [9.17, 15) is 14.8 Å². The number of unbranched alkanes of at least 4 members (excludes halogenated alkanes) is 1. The van der Waals surface area contributed by atoms with E-state index in [1.807, 2.05) is 6.92 Å². The third-order valence-electron chi connectivity index (χ3n) is 2.70. The summed E-state index contributed by atoms with van der Waals surface area (Å²) in [5.41, 5.74) is 0. The maximum Gasteiger partial charge on any atom is 0.325 e. The van der Waals surface area contributed by atoms with E-state index in [-0.39, 0.29) is 6.61 Å². The average Bonchev–Trinajstić information content (AvgIpc) is 2.35. The van der Waals surface area contributed by atoms with Gasteiger partial charge in [0, 0.05) is 6.66 Å². The Balaban J connectivity index is 2.61. The third-order valence-corrected chi connectivity index (χ3v) is 3.32. The number of hydrogen-bond donors (Lipinski definition) is 3. The van der Waals surface area contributed by atoms with Crippen LogP contribution in [0.5, 0.6) is 0 Å². The molecule has 0 saturated carbocycles. The van der Waals surface area contributed by atoms with Crippen LogP contribution in [0.1, 0.15) is 19.8 Å². The molecule has 5 atom stereocenters. The van der Waals surface area contributed by atoms with Crippen molar-refractivity contribution < 1.29 is 33.8 Å². The monoisotopic (exact) mass is 309 g/mol. The summed E-state index contributed by atoms with van der Waals surface area (Å²) in [6, 6.07) is -1.12. The lowest BCUT2D eigenvalue weighted by Gasteiger charge is -2.43. The molecule has 1 heterocycles. The molecule has 1 rings (SSSR count). The molecule has 8 nitrogen and oxygen atoms in total. The maximum atomic E-state index is 11.1. The van der Waals surface area contributed by atoms with Crippen molar-refractivity contribution >= 4 is 15.4 Å². The molecule has 0 aromatic carbocycles. The Morgan fingerprint density at radius 3 is 2.60 bits per heavy atom. The first-order valence-corrected chi connectivity index (χ1v) is 8.42. The topological polar surface area (TPSA) is 109 Å². The van der Waals surface area contributed by atoms with Crippen LogP contribution in [-0.4, -0.2) is 72.5 Å². The first kappa shape index (κ1) is 18.1. The molecule has 0 amide bonds. The molecular formula is C10H21BNO7P. The minimum atomic E-state index is -3.69. The molecule has 1 fully saturated rings. The van der Waals surface area contributed by atoms with Crippen molar-refractivity contribution in [2.24, 2.45) is 0 Å². The molecule has 116 valence electrons. The predicted octanol–water partition coefficient (Wildman–Crippen LogP) is -0.618. The van der Waals surface area contributed by atoms with Gasteiger partial charge in [-0.1, -0.05) is 13.3 Å². The second kappa shape index (κ2) is 7.86. The molecule has 10 heteroatoms. The van der Waals surface area contributed by atoms with Crippen molar-refractivity contribution in [1.29, 1.82) is 0 Å². The standard InChI is InChI=1S/C10H21BNO7P/c1-3-4-5-17-12-9(13)7(6-18-20(2,15)16)19-8(11)10(12)14/h7-10,13-14H,3-6H2,1-2H3,(H,15,16). The first-order valence-electron chi connectivity index (χ1n) is 6.39. The highest BCUT2D eigenvalue weighted by Crippen LogP contribution is 2.37. The second-order valence-corrected chi connectivity index (χ2v) is 6.48. The fourth-order valence-corrected chi connectivity index (χ4v) is 2.04. The molecule has 1 aliphatic rings. The summed E-state index contributed by atoms with van der Waals surface area (Å²) in [5, 5.41) is 20.7. The van der Waals surface area contributed by atoms with Crippen LogP contribution in [-0.2, 0) is 18.7 Å². The van der Waals surface area contributed by atoms with Gasteiger partial charge in [0.2, 0.25) is 0 Å². The van der Waals surface area contributed by atoms with Gasteiger partial charge in [0.1, 0.15) is 20.2 Å². The predicted molar refractivity (Wildman–Crippen MR) is 70.8 cm³/mol. The summed E-state index contributed by atoms with van der Waals surface area (Å²) in [4.78, 5) is 14.3. The molecule has 1 aliphatic heterocycles. The molecule has 5 unspecified atom stereocenters. The molecule has 2 radical (unpaired) electrons. The number of aliphatic hydroxyl groups excluding tert-OH is 2. The Hall–Kier alpha value is 0.0149. The van der Waals surface area contributed by atoms with E-state index >= 15 is 0 Å². The summed E-state index contributed by atoms with van der Waals surface area (Å²) < 4.78 is 20.9. The zero-order valence-corrected chi connectivity index (χ0v) is 12.5. The molecule has 0 spiro atoms. The van der Waals surface area contributed by atoms with Gasteiger partial charge in [-0.15, -0.1) is 5.06 Å². The van der Waals surface area contributed by atoms with Crippen LogP contribution in [0.4, 0.5) is 0 Å². The number of aliphatic hydroxyl groups is 2. The maximum absolute atomic E-state index is 11.1. The zero-order valence-electron chi connectivity index (χ0n) is 11.6. The Bertz CT molecular complexity index is 342. The Morgan fingerprint density at radius 1 is 1.40 bits per heavy atom. The Labute approximate surface area is 119 Å². The van der Waals surface area contributed by atoms with E-state index < -0.39 is 32.2 Å². The molecular weight excluding hydrogens is 288 g/mol. The zero-order chi connectivity index (χ0) is 15.3. The Morgan fingerprint density at radius 2 is 2.05 bits per heavy atom. The van der Waals surface area contributed by atoms with E-state index in [0.29, 0.717) is 6.61 Å². The van der Waals surface area contributed by atoms with Gasteiger partial charge in [-0.05, 0) is 6.42 Å². The smallest absolute Gasteiger partial charge is 0.325 e. The highest BCUT2D eigenvalue weighted by molar-refractivity contribution is 7.51. The van der Waals surface area contributed by atoms with Crippen LogP contribution in [0.2, 0.25) is 0 Å². The second-order valence-electron chi connectivity index (χ2n) is 4.61. The van der Waals surface area contributed by atoms with Crippen LogP contribution in [0.25, 0.3) is 0 Å². The van der Waals surface area contributed by atoms with Crippen LogP contribution in [0.15, 0.2) is 0 Å². The van der Waals surface area contributed by atoms with E-state index in [1.165, 1.54) is 0 Å². The highest BCUT2D eigenvalue weighted by atomic mass is 31.2. The highest BCUT2D eigenvalue weighted by Gasteiger charge is 2.41. The van der Waals surface area contributed by atoms with Crippen LogP contribution >= 0.6 is 7.60 Å². The van der Waals surface area contributed by atoms with Crippen molar-refractivity contribution in [3.8, 4) is 0 Å². The number of rotatable bonds is 7. The molecule has 1 saturated heterocycles. The molecule has 0 aromatic heterocycles. The number of morpholine rings is 1. The van der Waals surface area contributed by atoms with Crippen molar-refractivity contribution in [2.75, 3.05) is 19.9 Å². The average molecular weight is 309 g/mol. The summed E-state index contributed by atoms with van der Waals surface area (Å²) in [5.74, 6) is 0. The SMILES string of the molecule is [B]C1OC(COP(C)(=O)O)C(O)N(OCCCC)C1O. The summed E-state index contributed by atoms with van der Waals surface area (Å²) in [6.45, 7) is 2.95. The quantitative estimate of drug-likeness (QED) is 0.324. The van der Waals surface area contributed by atoms with Gasteiger partial charge in [0.25, 0.3) is 0 Å². The lowest BCUT2D eigenvalue weighted by molar-refractivity contribution is -0.367. The summed E-state index contributed by atoms with van der Waals surface area (Å²) in [7, 11) is 1.88. The van der Waals surface area contributed by atoms with E-state index in [2.05, 4.69) is 0 Å². The normalized spacial score (nSPS) is 34.9. The molecule has 20 heavy (non-hydrogen) atoms. The van der Waals surface area contributed by atoms with Crippen LogP contribution < -0.4 is 0 Å². The van der Waals surface area contributed by atoms with Crippen molar-refractivity contribution in [3.63, 3.8) is 0 Å². The molecule has 0 aromatic rings. The number of nitrogens with zero attached hydrogens (tertiary/aromatic N) is 1. The van der Waals surface area contributed by atoms with Gasteiger partial charge in [0.05, 0.1) is 19.2 Å². The van der Waals surface area contributed by atoms with Crippen LogP contribution in [0, 0.1) is 0 Å².